The molecule has 0 aromatic rings. The van der Waals surface area contributed by atoms with Crippen molar-refractivity contribution in [3.8, 4) is 0 Å². The molecule has 0 rings (SSSR count). The zero-order valence-electron chi connectivity index (χ0n) is 11.3. The Labute approximate surface area is 103 Å². The number of amides is 1. The van der Waals surface area contributed by atoms with Crippen LogP contribution in [0.2, 0.25) is 0 Å². The van der Waals surface area contributed by atoms with Crippen LogP contribution in [-0.4, -0.2) is 28.6 Å². The zero-order chi connectivity index (χ0) is 13.9. The zero-order valence-corrected chi connectivity index (χ0v) is 11.3. The first-order valence-electron chi connectivity index (χ1n) is 5.82. The highest BCUT2D eigenvalue weighted by Crippen LogP contribution is 2.22. The monoisotopic (exact) mass is 244 g/mol. The molecule has 1 amide bonds. The molecule has 0 saturated carbocycles. The van der Waals surface area contributed by atoms with E-state index in [1.165, 1.54) is 0 Å². The Morgan fingerprint density at radius 1 is 1.29 bits per heavy atom. The fourth-order valence-corrected chi connectivity index (χ4v) is 1.23. The van der Waals surface area contributed by atoms with E-state index in [0.29, 0.717) is 6.42 Å². The molecule has 4 N–H and O–H groups in total. The minimum absolute atomic E-state index is 0.102. The molecule has 5 heteroatoms. The lowest BCUT2D eigenvalue weighted by Gasteiger charge is -2.33. The largest absolute Gasteiger partial charge is 0.481 e. The van der Waals surface area contributed by atoms with Crippen LogP contribution in [0, 0.1) is 5.41 Å². The molecule has 5 nitrogen and oxygen atoms in total. The van der Waals surface area contributed by atoms with Crippen LogP contribution in [0.15, 0.2) is 0 Å². The Bertz CT molecular complexity index is 293. The highest BCUT2D eigenvalue weighted by atomic mass is 16.4. The first kappa shape index (κ1) is 15.9. The molecule has 0 fully saturated rings. The number of carboxylic acid groups (broad SMARTS) is 1. The van der Waals surface area contributed by atoms with E-state index < -0.39 is 17.6 Å². The fourth-order valence-electron chi connectivity index (χ4n) is 1.23. The summed E-state index contributed by atoms with van der Waals surface area (Å²) in [6.07, 6.45) is 0.401. The van der Waals surface area contributed by atoms with Gasteiger partial charge < -0.3 is 16.2 Å². The summed E-state index contributed by atoms with van der Waals surface area (Å²) in [6, 6.07) is -0.429. The van der Waals surface area contributed by atoms with Crippen LogP contribution in [-0.2, 0) is 9.59 Å². The lowest BCUT2D eigenvalue weighted by atomic mass is 9.84. The maximum atomic E-state index is 11.9. The molecular formula is C12H24N2O3. The predicted octanol–water partition coefficient (Wildman–Crippen LogP) is 1.12. The summed E-state index contributed by atoms with van der Waals surface area (Å²) < 4.78 is 0. The number of hydrogen-bond donors (Lipinski definition) is 3. The number of nitrogens with two attached hydrogens (primary N) is 1. The van der Waals surface area contributed by atoms with Gasteiger partial charge in [0, 0.05) is 6.04 Å². The average molecular weight is 244 g/mol. The first-order chi connectivity index (χ1) is 7.50. The maximum Gasteiger partial charge on any atom is 0.305 e. The molecule has 2 unspecified atom stereocenters. The highest BCUT2D eigenvalue weighted by molar-refractivity contribution is 5.86. The van der Waals surface area contributed by atoms with E-state index in [-0.39, 0.29) is 17.7 Å². The van der Waals surface area contributed by atoms with Crippen LogP contribution in [0.3, 0.4) is 0 Å². The summed E-state index contributed by atoms with van der Waals surface area (Å²) in [4.78, 5) is 22.7. The van der Waals surface area contributed by atoms with Crippen LogP contribution >= 0.6 is 0 Å². The van der Waals surface area contributed by atoms with Gasteiger partial charge in [-0.1, -0.05) is 27.7 Å². The van der Waals surface area contributed by atoms with E-state index in [1.54, 1.807) is 6.92 Å². The SMILES string of the molecule is CCC(C)(N)C(=O)NC(CC(=O)O)C(C)(C)C. The van der Waals surface area contributed by atoms with Gasteiger partial charge in [-0.2, -0.15) is 0 Å². The highest BCUT2D eigenvalue weighted by Gasteiger charge is 2.33. The minimum atomic E-state index is -0.956. The van der Waals surface area contributed by atoms with Gasteiger partial charge >= 0.3 is 5.97 Å². The normalized spacial score (nSPS) is 17.1. The van der Waals surface area contributed by atoms with E-state index >= 15 is 0 Å². The second kappa shape index (κ2) is 5.49. The number of carboxylic acids is 1. The van der Waals surface area contributed by atoms with Crippen molar-refractivity contribution in [1.82, 2.24) is 5.32 Å². The van der Waals surface area contributed by atoms with Crippen LogP contribution < -0.4 is 11.1 Å². The van der Waals surface area contributed by atoms with Crippen molar-refractivity contribution < 1.29 is 14.7 Å². The molecule has 0 spiro atoms. The standard InChI is InChI=1S/C12H24N2O3/c1-6-12(5,13)10(17)14-8(7-9(15)16)11(2,3)4/h8H,6-7,13H2,1-5H3,(H,14,17)(H,15,16). The van der Waals surface area contributed by atoms with Crippen molar-refractivity contribution in [3.05, 3.63) is 0 Å². The Hall–Kier alpha value is -1.10. The van der Waals surface area contributed by atoms with Gasteiger partial charge in [0.25, 0.3) is 0 Å². The molecule has 0 bridgehead atoms. The van der Waals surface area contributed by atoms with E-state index in [9.17, 15) is 9.59 Å². The topological polar surface area (TPSA) is 92.4 Å². The molecule has 2 atom stereocenters. The smallest absolute Gasteiger partial charge is 0.305 e. The summed E-state index contributed by atoms with van der Waals surface area (Å²) in [5.41, 5.74) is 4.54. The molecule has 0 radical (unpaired) electrons. The van der Waals surface area contributed by atoms with Crippen LogP contribution in [0.5, 0.6) is 0 Å². The van der Waals surface area contributed by atoms with Crippen molar-refractivity contribution in [1.29, 1.82) is 0 Å². The molecule has 0 saturated heterocycles. The third-order valence-electron chi connectivity index (χ3n) is 2.98. The predicted molar refractivity (Wildman–Crippen MR) is 66.5 cm³/mol. The van der Waals surface area contributed by atoms with Gasteiger partial charge in [0.05, 0.1) is 12.0 Å². The van der Waals surface area contributed by atoms with Crippen molar-refractivity contribution in [2.45, 2.75) is 59.0 Å². The third-order valence-corrected chi connectivity index (χ3v) is 2.98. The summed E-state index contributed by atoms with van der Waals surface area (Å²) in [6.45, 7) is 9.13. The molecule has 0 aromatic heterocycles. The average Bonchev–Trinajstić information content (AvgIpc) is 2.14. The molecule has 0 aliphatic carbocycles. The van der Waals surface area contributed by atoms with E-state index in [0.717, 1.165) is 0 Å². The molecule has 0 aliphatic rings. The Morgan fingerprint density at radius 2 is 1.76 bits per heavy atom. The third kappa shape index (κ3) is 5.17. The molecule has 17 heavy (non-hydrogen) atoms. The van der Waals surface area contributed by atoms with Gasteiger partial charge in [-0.3, -0.25) is 9.59 Å². The summed E-state index contributed by atoms with van der Waals surface area (Å²) >= 11 is 0. The van der Waals surface area contributed by atoms with Gasteiger partial charge in [-0.25, -0.2) is 0 Å². The quantitative estimate of drug-likeness (QED) is 0.675. The fraction of sp³-hybridized carbons (Fsp3) is 0.833. The lowest BCUT2D eigenvalue weighted by molar-refractivity contribution is -0.138. The van der Waals surface area contributed by atoms with E-state index in [1.807, 2.05) is 27.7 Å². The lowest BCUT2D eigenvalue weighted by Crippen LogP contribution is -2.56. The minimum Gasteiger partial charge on any atom is -0.481 e. The molecule has 100 valence electrons. The molecule has 0 aliphatic heterocycles. The number of rotatable bonds is 5. The number of carbonyl (C=O) groups is 2. The summed E-state index contributed by atoms with van der Waals surface area (Å²) in [7, 11) is 0. The van der Waals surface area contributed by atoms with Crippen LogP contribution in [0.4, 0.5) is 0 Å². The Morgan fingerprint density at radius 3 is 2.06 bits per heavy atom. The van der Waals surface area contributed by atoms with Gasteiger partial charge in [-0.15, -0.1) is 0 Å². The Kier molecular flexibility index (Phi) is 5.13. The van der Waals surface area contributed by atoms with Crippen LogP contribution in [0.1, 0.15) is 47.5 Å². The summed E-state index contributed by atoms with van der Waals surface area (Å²) in [5.74, 6) is -1.23. The van der Waals surface area contributed by atoms with Crippen molar-refractivity contribution in [2.75, 3.05) is 0 Å². The van der Waals surface area contributed by atoms with Crippen LogP contribution in [0.25, 0.3) is 0 Å². The summed E-state index contributed by atoms with van der Waals surface area (Å²) in [5, 5.41) is 11.6. The van der Waals surface area contributed by atoms with Gasteiger partial charge in [0.1, 0.15) is 0 Å². The van der Waals surface area contributed by atoms with Gasteiger partial charge in [-0.05, 0) is 18.8 Å². The second-order valence-electron chi connectivity index (χ2n) is 5.76. The van der Waals surface area contributed by atoms with Crippen molar-refractivity contribution in [3.63, 3.8) is 0 Å². The number of hydrogen-bond acceptors (Lipinski definition) is 3. The van der Waals surface area contributed by atoms with E-state index in [2.05, 4.69) is 5.32 Å². The molecule has 0 aromatic carbocycles. The molecular weight excluding hydrogens is 220 g/mol. The van der Waals surface area contributed by atoms with E-state index in [4.69, 9.17) is 10.8 Å². The van der Waals surface area contributed by atoms with Gasteiger partial charge in [0.15, 0.2) is 0 Å². The van der Waals surface area contributed by atoms with Crippen molar-refractivity contribution >= 4 is 11.9 Å². The maximum absolute atomic E-state index is 11.9. The van der Waals surface area contributed by atoms with Crippen molar-refractivity contribution in [2.24, 2.45) is 11.1 Å². The number of carbonyl (C=O) groups excluding carboxylic acids is 1. The number of aliphatic carboxylic acids is 1. The number of nitrogens with one attached hydrogen (secondary N) is 1. The molecule has 0 heterocycles. The second-order valence-corrected chi connectivity index (χ2v) is 5.76. The van der Waals surface area contributed by atoms with Gasteiger partial charge in [0.2, 0.25) is 5.91 Å². The Balaban J connectivity index is 4.77. The first-order valence-corrected chi connectivity index (χ1v) is 5.82.